The number of nitrogens with one attached hydrogen (secondary N) is 1. The van der Waals surface area contributed by atoms with Gasteiger partial charge in [-0.15, -0.1) is 0 Å². The highest BCUT2D eigenvalue weighted by atomic mass is 16.2. The summed E-state index contributed by atoms with van der Waals surface area (Å²) in [6.07, 6.45) is 3.85. The predicted molar refractivity (Wildman–Crippen MR) is 86.6 cm³/mol. The van der Waals surface area contributed by atoms with Crippen LogP contribution in [0.15, 0.2) is 12.4 Å². The molecular weight excluding hydrogens is 280 g/mol. The topological polar surface area (TPSA) is 67.2 Å². The van der Waals surface area contributed by atoms with Gasteiger partial charge in [-0.05, 0) is 33.1 Å². The number of hydrogen-bond donors (Lipinski definition) is 1. The van der Waals surface area contributed by atoms with Crippen molar-refractivity contribution >= 4 is 11.8 Å². The molecule has 0 aromatic carbocycles. The molecule has 1 N–H and O–H groups in total. The van der Waals surface area contributed by atoms with Gasteiger partial charge in [0, 0.05) is 20.3 Å². The van der Waals surface area contributed by atoms with E-state index in [4.69, 9.17) is 0 Å². The van der Waals surface area contributed by atoms with Crippen molar-refractivity contribution in [3.8, 4) is 0 Å². The smallest absolute Gasteiger partial charge is 0.255 e. The number of carbonyl (C=O) groups excluding carboxylic acids is 2. The van der Waals surface area contributed by atoms with Crippen LogP contribution < -0.4 is 5.32 Å². The first-order valence-corrected chi connectivity index (χ1v) is 7.59. The highest BCUT2D eigenvalue weighted by molar-refractivity contribution is 5.97. The molecule has 1 aromatic heterocycles. The Bertz CT molecular complexity index is 526. The second-order valence-corrected chi connectivity index (χ2v) is 7.23. The molecule has 0 spiro atoms. The van der Waals surface area contributed by atoms with Gasteiger partial charge < -0.3 is 10.2 Å². The Balaban J connectivity index is 2.87. The van der Waals surface area contributed by atoms with Gasteiger partial charge in [0.15, 0.2) is 0 Å². The lowest BCUT2D eigenvalue weighted by Gasteiger charge is -2.23. The summed E-state index contributed by atoms with van der Waals surface area (Å²) in [6.45, 7) is 10.1. The lowest BCUT2D eigenvalue weighted by Crippen LogP contribution is -2.46. The molecule has 124 valence electrons. The van der Waals surface area contributed by atoms with E-state index in [1.54, 1.807) is 25.0 Å². The highest BCUT2D eigenvalue weighted by Crippen LogP contribution is 2.14. The van der Waals surface area contributed by atoms with Gasteiger partial charge in [-0.2, -0.15) is 5.10 Å². The molecule has 0 radical (unpaired) electrons. The SMILES string of the molecule is CC(C)CC(NC(=O)c1cnn(C(C)(C)C)c1)C(=O)N(C)C. The Kier molecular flexibility index (Phi) is 5.74. The maximum atomic E-state index is 12.4. The van der Waals surface area contributed by atoms with Crippen molar-refractivity contribution in [1.29, 1.82) is 0 Å². The molecule has 0 aliphatic rings. The van der Waals surface area contributed by atoms with Crippen LogP contribution in [-0.2, 0) is 10.3 Å². The predicted octanol–water partition coefficient (Wildman–Crippen LogP) is 1.87. The van der Waals surface area contributed by atoms with Crippen molar-refractivity contribution in [2.45, 2.75) is 52.6 Å². The zero-order valence-electron chi connectivity index (χ0n) is 14.7. The second kappa shape index (κ2) is 6.94. The molecule has 0 bridgehead atoms. The highest BCUT2D eigenvalue weighted by Gasteiger charge is 2.25. The zero-order chi connectivity index (χ0) is 17.1. The Morgan fingerprint density at radius 1 is 1.32 bits per heavy atom. The van der Waals surface area contributed by atoms with Crippen LogP contribution in [0.4, 0.5) is 0 Å². The van der Waals surface area contributed by atoms with E-state index in [0.717, 1.165) is 0 Å². The number of nitrogens with zero attached hydrogens (tertiary/aromatic N) is 3. The summed E-state index contributed by atoms with van der Waals surface area (Å²) in [4.78, 5) is 26.1. The number of aromatic nitrogens is 2. The van der Waals surface area contributed by atoms with Crippen LogP contribution in [-0.4, -0.2) is 46.6 Å². The lowest BCUT2D eigenvalue weighted by atomic mass is 10.0. The van der Waals surface area contributed by atoms with Crippen LogP contribution in [0.25, 0.3) is 0 Å². The fraction of sp³-hybridized carbons (Fsp3) is 0.688. The van der Waals surface area contributed by atoms with Crippen molar-refractivity contribution in [3.63, 3.8) is 0 Å². The summed E-state index contributed by atoms with van der Waals surface area (Å²) < 4.78 is 1.74. The number of carbonyl (C=O) groups is 2. The van der Waals surface area contributed by atoms with E-state index in [1.165, 1.54) is 11.1 Å². The zero-order valence-corrected chi connectivity index (χ0v) is 14.7. The van der Waals surface area contributed by atoms with E-state index in [0.29, 0.717) is 17.9 Å². The molecule has 6 nitrogen and oxygen atoms in total. The van der Waals surface area contributed by atoms with E-state index in [-0.39, 0.29) is 17.4 Å². The second-order valence-electron chi connectivity index (χ2n) is 7.23. The van der Waals surface area contributed by atoms with Crippen LogP contribution in [0.1, 0.15) is 51.4 Å². The first-order valence-electron chi connectivity index (χ1n) is 7.59. The van der Waals surface area contributed by atoms with Crippen molar-refractivity contribution in [2.24, 2.45) is 5.92 Å². The minimum atomic E-state index is -0.513. The molecule has 0 aliphatic heterocycles. The van der Waals surface area contributed by atoms with E-state index < -0.39 is 6.04 Å². The molecule has 0 saturated carbocycles. The Hall–Kier alpha value is -1.85. The summed E-state index contributed by atoms with van der Waals surface area (Å²) in [6, 6.07) is -0.513. The average Bonchev–Trinajstić information content (AvgIpc) is 2.85. The molecule has 1 heterocycles. The molecule has 0 fully saturated rings. The van der Waals surface area contributed by atoms with Crippen molar-refractivity contribution in [1.82, 2.24) is 20.0 Å². The van der Waals surface area contributed by atoms with E-state index in [2.05, 4.69) is 10.4 Å². The minimum Gasteiger partial charge on any atom is -0.347 e. The molecule has 6 heteroatoms. The molecule has 2 amide bonds. The van der Waals surface area contributed by atoms with Gasteiger partial charge >= 0.3 is 0 Å². The Morgan fingerprint density at radius 2 is 1.91 bits per heavy atom. The number of likely N-dealkylation sites (N-methyl/N-ethyl adjacent to an activating group) is 1. The van der Waals surface area contributed by atoms with Gasteiger partial charge in [-0.3, -0.25) is 14.3 Å². The number of rotatable bonds is 5. The summed E-state index contributed by atoms with van der Waals surface area (Å²) in [7, 11) is 3.39. The monoisotopic (exact) mass is 308 g/mol. The van der Waals surface area contributed by atoms with Crippen molar-refractivity contribution in [2.75, 3.05) is 14.1 Å². The van der Waals surface area contributed by atoms with Crippen LogP contribution in [0, 0.1) is 5.92 Å². The maximum Gasteiger partial charge on any atom is 0.255 e. The molecular formula is C16H28N4O2. The average molecular weight is 308 g/mol. The molecule has 1 unspecified atom stereocenters. The summed E-state index contributed by atoms with van der Waals surface area (Å²) in [5.74, 6) is -0.0480. The lowest BCUT2D eigenvalue weighted by molar-refractivity contribution is -0.131. The van der Waals surface area contributed by atoms with Crippen LogP contribution in [0.5, 0.6) is 0 Å². The van der Waals surface area contributed by atoms with Gasteiger partial charge in [-0.25, -0.2) is 0 Å². The fourth-order valence-corrected chi connectivity index (χ4v) is 2.05. The first-order chi connectivity index (χ1) is 10.0. The van der Waals surface area contributed by atoms with Gasteiger partial charge in [0.05, 0.1) is 17.3 Å². The third-order valence-electron chi connectivity index (χ3n) is 3.28. The van der Waals surface area contributed by atoms with E-state index >= 15 is 0 Å². The molecule has 1 rings (SSSR count). The molecule has 22 heavy (non-hydrogen) atoms. The van der Waals surface area contributed by atoms with Crippen LogP contribution >= 0.6 is 0 Å². The summed E-state index contributed by atoms with van der Waals surface area (Å²) in [5.41, 5.74) is 0.283. The maximum absolute atomic E-state index is 12.4. The van der Waals surface area contributed by atoms with Gasteiger partial charge in [0.25, 0.3) is 5.91 Å². The Labute approximate surface area is 132 Å². The van der Waals surface area contributed by atoms with E-state index in [9.17, 15) is 9.59 Å². The van der Waals surface area contributed by atoms with Crippen LogP contribution in [0.3, 0.4) is 0 Å². The Morgan fingerprint density at radius 3 is 2.32 bits per heavy atom. The standard InChI is InChI=1S/C16H28N4O2/c1-11(2)8-13(15(22)19(6)7)18-14(21)12-9-17-20(10-12)16(3,4)5/h9-11,13H,8H2,1-7H3,(H,18,21). The van der Waals surface area contributed by atoms with Crippen LogP contribution in [0.2, 0.25) is 0 Å². The molecule has 1 atom stereocenters. The quantitative estimate of drug-likeness (QED) is 0.903. The van der Waals surface area contributed by atoms with Crippen molar-refractivity contribution in [3.05, 3.63) is 18.0 Å². The third kappa shape index (κ3) is 4.86. The molecule has 1 aromatic rings. The summed E-state index contributed by atoms with van der Waals surface area (Å²) >= 11 is 0. The van der Waals surface area contributed by atoms with Gasteiger partial charge in [0.2, 0.25) is 5.91 Å². The van der Waals surface area contributed by atoms with E-state index in [1.807, 2.05) is 34.6 Å². The summed E-state index contributed by atoms with van der Waals surface area (Å²) in [5, 5.41) is 7.04. The first kappa shape index (κ1) is 18.2. The fourth-order valence-electron chi connectivity index (χ4n) is 2.05. The minimum absolute atomic E-state index is 0.0923. The normalized spacial score (nSPS) is 13.1. The van der Waals surface area contributed by atoms with Crippen molar-refractivity contribution < 1.29 is 9.59 Å². The molecule has 0 saturated heterocycles. The number of amides is 2. The molecule has 0 aliphatic carbocycles. The number of hydrogen-bond acceptors (Lipinski definition) is 3. The third-order valence-corrected chi connectivity index (χ3v) is 3.28. The van der Waals surface area contributed by atoms with Gasteiger partial charge in [0.1, 0.15) is 6.04 Å². The van der Waals surface area contributed by atoms with Gasteiger partial charge in [-0.1, -0.05) is 13.8 Å². The largest absolute Gasteiger partial charge is 0.347 e.